The van der Waals surface area contributed by atoms with Crippen LogP contribution < -0.4 is 11.1 Å². The maximum Gasteiger partial charge on any atom is 0.241 e. The first-order chi connectivity index (χ1) is 12.5. The summed E-state index contributed by atoms with van der Waals surface area (Å²) in [5.74, 6) is -0.174. The van der Waals surface area contributed by atoms with Crippen molar-refractivity contribution in [2.24, 2.45) is 5.73 Å². The lowest BCUT2D eigenvalue weighted by Crippen LogP contribution is -2.46. The highest BCUT2D eigenvalue weighted by Crippen LogP contribution is 2.38. The molecule has 1 heterocycles. The second kappa shape index (κ2) is 8.21. The number of rotatable bonds is 5. The highest BCUT2D eigenvalue weighted by molar-refractivity contribution is 6.31. The van der Waals surface area contributed by atoms with Crippen molar-refractivity contribution in [3.05, 3.63) is 70.2 Å². The van der Waals surface area contributed by atoms with Crippen LogP contribution >= 0.6 is 11.6 Å². The Bertz CT molecular complexity index is 755. The summed E-state index contributed by atoms with van der Waals surface area (Å²) in [7, 11) is 0. The Labute approximate surface area is 159 Å². The number of nitrogens with one attached hydrogen (secondary N) is 1. The van der Waals surface area contributed by atoms with Crippen molar-refractivity contribution < 1.29 is 9.53 Å². The molecule has 0 saturated carbocycles. The second-order valence-corrected chi connectivity index (χ2v) is 7.39. The fraction of sp³-hybridized carbons (Fsp3) is 0.381. The zero-order valence-corrected chi connectivity index (χ0v) is 15.8. The molecule has 2 aromatic carbocycles. The number of ether oxygens (including phenoxy) is 1. The molecule has 1 fully saturated rings. The normalized spacial score (nSPS) is 17.5. The van der Waals surface area contributed by atoms with Crippen LogP contribution in [-0.2, 0) is 14.9 Å². The number of nitrogens with two attached hydrogens (primary N) is 1. The van der Waals surface area contributed by atoms with Crippen molar-refractivity contribution in [2.75, 3.05) is 19.8 Å². The lowest BCUT2D eigenvalue weighted by Gasteiger charge is -2.38. The lowest BCUT2D eigenvalue weighted by molar-refractivity contribution is -0.123. The molecule has 1 amide bonds. The molecule has 2 aromatic rings. The van der Waals surface area contributed by atoms with Crippen LogP contribution in [0.5, 0.6) is 0 Å². The van der Waals surface area contributed by atoms with Crippen molar-refractivity contribution in [1.82, 2.24) is 5.32 Å². The van der Waals surface area contributed by atoms with E-state index in [1.807, 2.05) is 55.5 Å². The van der Waals surface area contributed by atoms with E-state index in [2.05, 4.69) is 5.32 Å². The largest absolute Gasteiger partial charge is 0.381 e. The van der Waals surface area contributed by atoms with Crippen LogP contribution in [0.25, 0.3) is 0 Å². The predicted molar refractivity (Wildman–Crippen MR) is 104 cm³/mol. The molecular weight excluding hydrogens is 348 g/mol. The van der Waals surface area contributed by atoms with Crippen molar-refractivity contribution in [2.45, 2.75) is 31.2 Å². The molecule has 0 spiro atoms. The Morgan fingerprint density at radius 1 is 1.19 bits per heavy atom. The summed E-state index contributed by atoms with van der Waals surface area (Å²) >= 11 is 6.46. The summed E-state index contributed by atoms with van der Waals surface area (Å²) in [6.07, 6.45) is 1.63. The number of amides is 1. The third-order valence-corrected chi connectivity index (χ3v) is 5.54. The van der Waals surface area contributed by atoms with E-state index < -0.39 is 6.04 Å². The van der Waals surface area contributed by atoms with Gasteiger partial charge in [-0.1, -0.05) is 59.6 Å². The topological polar surface area (TPSA) is 64.4 Å². The van der Waals surface area contributed by atoms with Crippen LogP contribution in [0.2, 0.25) is 5.02 Å². The number of benzene rings is 2. The van der Waals surface area contributed by atoms with E-state index in [9.17, 15) is 4.79 Å². The molecule has 5 heteroatoms. The van der Waals surface area contributed by atoms with Gasteiger partial charge in [0.25, 0.3) is 0 Å². The Morgan fingerprint density at radius 2 is 1.85 bits per heavy atom. The molecule has 0 bridgehead atoms. The average molecular weight is 373 g/mol. The summed E-state index contributed by atoms with van der Waals surface area (Å²) in [5.41, 5.74) is 8.95. The van der Waals surface area contributed by atoms with Gasteiger partial charge in [0.15, 0.2) is 0 Å². The predicted octanol–water partition coefficient (Wildman–Crippen LogP) is 3.51. The number of carbonyl (C=O) groups is 1. The van der Waals surface area contributed by atoms with Crippen molar-refractivity contribution in [3.63, 3.8) is 0 Å². The minimum Gasteiger partial charge on any atom is -0.381 e. The third-order valence-electron chi connectivity index (χ3n) is 5.22. The van der Waals surface area contributed by atoms with E-state index in [1.54, 1.807) is 0 Å². The standard InChI is InChI=1S/C21H25ClN2O2/c1-15-6-8-16(9-7-15)19(23)20(25)24-14-21(10-12-26-13-11-21)17-4-2-3-5-18(17)22/h2-9,19H,10-14,23H2,1H3,(H,24,25). The first-order valence-electron chi connectivity index (χ1n) is 8.94. The molecule has 3 N–H and O–H groups in total. The van der Waals surface area contributed by atoms with E-state index in [0.29, 0.717) is 19.8 Å². The van der Waals surface area contributed by atoms with E-state index in [0.717, 1.165) is 34.6 Å². The number of carbonyl (C=O) groups excluding carboxylic acids is 1. The fourth-order valence-electron chi connectivity index (χ4n) is 3.49. The average Bonchev–Trinajstić information content (AvgIpc) is 2.67. The minimum atomic E-state index is -0.682. The maximum atomic E-state index is 12.6. The molecule has 4 nitrogen and oxygen atoms in total. The molecule has 1 atom stereocenters. The van der Waals surface area contributed by atoms with Crippen molar-refractivity contribution in [1.29, 1.82) is 0 Å². The van der Waals surface area contributed by atoms with Crippen molar-refractivity contribution in [3.8, 4) is 0 Å². The van der Waals surface area contributed by atoms with Gasteiger partial charge in [0.05, 0.1) is 0 Å². The first kappa shape index (κ1) is 18.9. The summed E-state index contributed by atoms with van der Waals surface area (Å²) in [6, 6.07) is 14.9. The first-order valence-corrected chi connectivity index (χ1v) is 9.32. The molecule has 138 valence electrons. The molecule has 1 unspecified atom stereocenters. The fourth-order valence-corrected chi connectivity index (χ4v) is 3.82. The maximum absolute atomic E-state index is 12.6. The molecule has 0 aromatic heterocycles. The van der Waals surface area contributed by atoms with Gasteiger partial charge in [0.1, 0.15) is 6.04 Å². The number of hydrogen-bond acceptors (Lipinski definition) is 3. The van der Waals surface area contributed by atoms with Crippen LogP contribution in [0, 0.1) is 6.92 Å². The quantitative estimate of drug-likeness (QED) is 0.844. The Morgan fingerprint density at radius 3 is 2.50 bits per heavy atom. The van der Waals surface area contributed by atoms with Gasteiger partial charge in [-0.2, -0.15) is 0 Å². The zero-order chi connectivity index (χ0) is 18.6. The highest BCUT2D eigenvalue weighted by atomic mass is 35.5. The second-order valence-electron chi connectivity index (χ2n) is 6.98. The molecule has 26 heavy (non-hydrogen) atoms. The van der Waals surface area contributed by atoms with Crippen LogP contribution in [0.15, 0.2) is 48.5 Å². The molecule has 1 aliphatic heterocycles. The van der Waals surface area contributed by atoms with Crippen LogP contribution in [-0.4, -0.2) is 25.7 Å². The van der Waals surface area contributed by atoms with Crippen molar-refractivity contribution >= 4 is 17.5 Å². The van der Waals surface area contributed by atoms with Gasteiger partial charge < -0.3 is 15.8 Å². The minimum absolute atomic E-state index is 0.174. The van der Waals surface area contributed by atoms with Gasteiger partial charge in [0.2, 0.25) is 5.91 Å². The van der Waals surface area contributed by atoms with Gasteiger partial charge in [-0.15, -0.1) is 0 Å². The van der Waals surface area contributed by atoms with Gasteiger partial charge in [0, 0.05) is 30.2 Å². The third kappa shape index (κ3) is 4.09. The van der Waals surface area contributed by atoms with Crippen LogP contribution in [0.3, 0.4) is 0 Å². The van der Waals surface area contributed by atoms with Gasteiger partial charge >= 0.3 is 0 Å². The SMILES string of the molecule is Cc1ccc(C(N)C(=O)NCC2(c3ccccc3Cl)CCOCC2)cc1. The number of halogens is 1. The molecule has 1 saturated heterocycles. The Balaban J connectivity index is 1.75. The summed E-state index contributed by atoms with van der Waals surface area (Å²) in [5, 5.41) is 3.78. The van der Waals surface area contributed by atoms with Gasteiger partial charge in [-0.05, 0) is 37.0 Å². The summed E-state index contributed by atoms with van der Waals surface area (Å²) in [4.78, 5) is 12.6. The zero-order valence-electron chi connectivity index (χ0n) is 15.0. The Kier molecular flexibility index (Phi) is 5.97. The summed E-state index contributed by atoms with van der Waals surface area (Å²) in [6.45, 7) is 3.82. The molecule has 0 aliphatic carbocycles. The monoisotopic (exact) mass is 372 g/mol. The molecule has 0 radical (unpaired) electrons. The van der Waals surface area contributed by atoms with Gasteiger partial charge in [-0.3, -0.25) is 4.79 Å². The van der Waals surface area contributed by atoms with Gasteiger partial charge in [-0.25, -0.2) is 0 Å². The molecule has 1 aliphatic rings. The van der Waals surface area contributed by atoms with E-state index >= 15 is 0 Å². The highest BCUT2D eigenvalue weighted by Gasteiger charge is 2.36. The number of aryl methyl sites for hydroxylation is 1. The smallest absolute Gasteiger partial charge is 0.241 e. The van der Waals surface area contributed by atoms with E-state index in [1.165, 1.54) is 0 Å². The number of hydrogen-bond donors (Lipinski definition) is 2. The molecular formula is C21H25ClN2O2. The molecule has 3 rings (SSSR count). The van der Waals surface area contributed by atoms with Crippen LogP contribution in [0.1, 0.15) is 35.6 Å². The van der Waals surface area contributed by atoms with Crippen LogP contribution in [0.4, 0.5) is 0 Å². The van der Waals surface area contributed by atoms with E-state index in [-0.39, 0.29) is 11.3 Å². The van der Waals surface area contributed by atoms with E-state index in [4.69, 9.17) is 22.1 Å². The lowest BCUT2D eigenvalue weighted by atomic mass is 9.74. The Hall–Kier alpha value is -1.88. The summed E-state index contributed by atoms with van der Waals surface area (Å²) < 4.78 is 5.54.